The predicted molar refractivity (Wildman–Crippen MR) is 293 cm³/mol. The van der Waals surface area contributed by atoms with Crippen LogP contribution in [0.2, 0.25) is 0 Å². The number of nitrogens with two attached hydrogens (primary N) is 1. The number of unbranched alkanes of at least 4 members (excludes halogenated alkanes) is 13. The molecule has 0 radical (unpaired) electrons. The highest BCUT2D eigenvalue weighted by Gasteiger charge is 2.26. The number of hydrogen-bond donors (Lipinski definition) is 2. The molecule has 0 saturated heterocycles. The lowest BCUT2D eigenvalue weighted by atomic mass is 10.0. The van der Waals surface area contributed by atoms with Crippen molar-refractivity contribution in [3.8, 4) is 0 Å². The summed E-state index contributed by atoms with van der Waals surface area (Å²) in [5.41, 5.74) is 5.37. The Labute approximate surface area is 421 Å². The van der Waals surface area contributed by atoms with Crippen LogP contribution >= 0.6 is 7.82 Å². The van der Waals surface area contributed by atoms with Crippen molar-refractivity contribution in [1.29, 1.82) is 0 Å². The Morgan fingerprint density at radius 2 is 0.768 bits per heavy atom. The molecular weight excluding hydrogens is 882 g/mol. The highest BCUT2D eigenvalue weighted by Crippen LogP contribution is 2.43. The highest BCUT2D eigenvalue weighted by atomic mass is 31.2. The van der Waals surface area contributed by atoms with Gasteiger partial charge < -0.3 is 20.1 Å². The van der Waals surface area contributed by atoms with Crippen LogP contribution in [0.4, 0.5) is 0 Å². The normalized spacial score (nSPS) is 14.2. The Balaban J connectivity index is 4.15. The molecule has 9 nitrogen and oxygen atoms in total. The van der Waals surface area contributed by atoms with Gasteiger partial charge in [-0.25, -0.2) is 4.57 Å². The Morgan fingerprint density at radius 1 is 0.435 bits per heavy atom. The van der Waals surface area contributed by atoms with E-state index in [1.165, 1.54) is 57.8 Å². The predicted octanol–water partition coefficient (Wildman–Crippen LogP) is 16.6. The van der Waals surface area contributed by atoms with Crippen molar-refractivity contribution in [3.63, 3.8) is 0 Å². The SMILES string of the molecule is CC/C=C\C/C=C\C/C=C\C/C=C\C/C=C\C/C=C\C/C=C\CCCC(=O)OC(COC(=O)CCCCCCCCCCCCCC/C=C\C/C=C\C/C=C\C/C=C\CC)COP(=O)(O)OCCN. The summed E-state index contributed by atoms with van der Waals surface area (Å²) in [5.74, 6) is -0.910. The first-order valence-corrected chi connectivity index (χ1v) is 28.2. The second kappa shape index (κ2) is 53.5. The Kier molecular flexibility index (Phi) is 50.5. The maximum Gasteiger partial charge on any atom is 0.472 e. The quantitative estimate of drug-likeness (QED) is 0.0264. The molecule has 0 spiro atoms. The van der Waals surface area contributed by atoms with Crippen molar-refractivity contribution in [2.24, 2.45) is 5.73 Å². The molecular formula is C59H96NO8P. The topological polar surface area (TPSA) is 134 Å². The number of phosphoric acid groups is 1. The van der Waals surface area contributed by atoms with E-state index in [-0.39, 0.29) is 32.6 Å². The second-order valence-corrected chi connectivity index (χ2v) is 18.4. The van der Waals surface area contributed by atoms with Crippen molar-refractivity contribution >= 4 is 19.8 Å². The average Bonchev–Trinajstić information content (AvgIpc) is 3.34. The molecule has 0 heterocycles. The Bertz CT molecular complexity index is 1580. The molecule has 3 N–H and O–H groups in total. The van der Waals surface area contributed by atoms with Gasteiger partial charge in [-0.2, -0.15) is 0 Å². The molecule has 0 aromatic carbocycles. The number of allylic oxidation sites excluding steroid dienone is 22. The summed E-state index contributed by atoms with van der Waals surface area (Å²) >= 11 is 0. The minimum absolute atomic E-state index is 0.0365. The van der Waals surface area contributed by atoms with Crippen LogP contribution in [0.5, 0.6) is 0 Å². The average molecular weight is 978 g/mol. The number of ether oxygens (including phenoxy) is 2. The van der Waals surface area contributed by atoms with Gasteiger partial charge in [0.1, 0.15) is 6.61 Å². The van der Waals surface area contributed by atoms with Gasteiger partial charge in [0, 0.05) is 19.4 Å². The highest BCUT2D eigenvalue weighted by molar-refractivity contribution is 7.47. The summed E-state index contributed by atoms with van der Waals surface area (Å²) in [6.07, 6.45) is 75.0. The van der Waals surface area contributed by atoms with E-state index in [9.17, 15) is 19.0 Å². The molecule has 0 saturated carbocycles. The van der Waals surface area contributed by atoms with Crippen molar-refractivity contribution in [2.45, 2.75) is 200 Å². The number of hydrogen-bond acceptors (Lipinski definition) is 8. The lowest BCUT2D eigenvalue weighted by Crippen LogP contribution is -2.29. The molecule has 0 aliphatic heterocycles. The van der Waals surface area contributed by atoms with Gasteiger partial charge in [0.15, 0.2) is 6.10 Å². The maximum absolute atomic E-state index is 12.6. The van der Waals surface area contributed by atoms with E-state index in [0.29, 0.717) is 19.3 Å². The molecule has 0 bridgehead atoms. The van der Waals surface area contributed by atoms with Crippen molar-refractivity contribution in [3.05, 3.63) is 134 Å². The molecule has 2 atom stereocenters. The van der Waals surface area contributed by atoms with Gasteiger partial charge in [-0.3, -0.25) is 18.6 Å². The molecule has 0 aliphatic rings. The molecule has 0 aromatic rings. The first-order chi connectivity index (χ1) is 33.8. The van der Waals surface area contributed by atoms with Crippen molar-refractivity contribution < 1.29 is 37.6 Å². The molecule has 69 heavy (non-hydrogen) atoms. The van der Waals surface area contributed by atoms with Gasteiger partial charge in [0.05, 0.1) is 13.2 Å². The molecule has 0 fully saturated rings. The van der Waals surface area contributed by atoms with E-state index in [1.807, 2.05) is 6.08 Å². The van der Waals surface area contributed by atoms with E-state index < -0.39 is 32.5 Å². The van der Waals surface area contributed by atoms with Crippen LogP contribution in [-0.4, -0.2) is 49.3 Å². The minimum Gasteiger partial charge on any atom is -0.462 e. The zero-order chi connectivity index (χ0) is 50.2. The van der Waals surface area contributed by atoms with Crippen LogP contribution in [-0.2, 0) is 32.7 Å². The fourth-order valence-corrected chi connectivity index (χ4v) is 7.44. The largest absolute Gasteiger partial charge is 0.472 e. The molecule has 390 valence electrons. The zero-order valence-electron chi connectivity index (χ0n) is 43.2. The zero-order valence-corrected chi connectivity index (χ0v) is 44.1. The summed E-state index contributed by atoms with van der Waals surface area (Å²) < 4.78 is 32.9. The van der Waals surface area contributed by atoms with Gasteiger partial charge in [-0.1, -0.05) is 212 Å². The number of rotatable bonds is 48. The van der Waals surface area contributed by atoms with Gasteiger partial charge in [0.25, 0.3) is 0 Å². The standard InChI is InChI=1S/C59H96NO8P/c1-3-5-7-9-11-13-15-17-19-21-23-25-27-28-30-31-33-35-37-39-41-43-45-47-49-51-58(61)65-55-57(56-67-69(63,64)66-54-53-60)68-59(62)52-50-48-46-44-42-40-38-36-34-32-29-26-24-22-20-18-16-14-12-10-8-6-4-2/h5-8,11-14,17-20,23-26,32,34,38,40,44,46,57H,3-4,9-10,15-16,21-22,27-31,33,35-37,39,41-43,45,47-56,60H2,1-2H3,(H,63,64)/b7-5-,8-6-,13-11-,14-12-,19-17-,20-18-,25-23-,26-24-,34-32-,40-38-,46-44-. The fraction of sp³-hybridized carbons (Fsp3) is 0.593. The fourth-order valence-electron chi connectivity index (χ4n) is 6.67. The third kappa shape index (κ3) is 53.4. The van der Waals surface area contributed by atoms with Gasteiger partial charge in [-0.05, 0) is 103 Å². The summed E-state index contributed by atoms with van der Waals surface area (Å²) in [4.78, 5) is 35.1. The van der Waals surface area contributed by atoms with E-state index in [4.69, 9.17) is 24.3 Å². The van der Waals surface area contributed by atoms with Crippen molar-refractivity contribution in [1.82, 2.24) is 0 Å². The molecule has 0 amide bonds. The van der Waals surface area contributed by atoms with Crippen LogP contribution in [0.15, 0.2) is 134 Å². The third-order valence-corrected chi connectivity index (χ3v) is 11.5. The molecule has 0 rings (SSSR count). The van der Waals surface area contributed by atoms with Gasteiger partial charge in [0.2, 0.25) is 0 Å². The lowest BCUT2D eigenvalue weighted by Gasteiger charge is -2.19. The summed E-state index contributed by atoms with van der Waals surface area (Å²) in [5, 5.41) is 0. The molecule has 10 heteroatoms. The lowest BCUT2D eigenvalue weighted by molar-refractivity contribution is -0.161. The summed E-state index contributed by atoms with van der Waals surface area (Å²) in [7, 11) is -4.41. The van der Waals surface area contributed by atoms with Crippen LogP contribution in [0.25, 0.3) is 0 Å². The molecule has 0 aliphatic carbocycles. The Morgan fingerprint density at radius 3 is 1.16 bits per heavy atom. The number of phosphoric ester groups is 1. The minimum atomic E-state index is -4.41. The third-order valence-electron chi connectivity index (χ3n) is 10.5. The second-order valence-electron chi connectivity index (χ2n) is 17.0. The Hall–Kier alpha value is -3.85. The van der Waals surface area contributed by atoms with Crippen LogP contribution in [0.3, 0.4) is 0 Å². The number of carbonyl (C=O) groups is 2. The maximum atomic E-state index is 12.6. The van der Waals surface area contributed by atoms with Crippen molar-refractivity contribution in [2.75, 3.05) is 26.4 Å². The van der Waals surface area contributed by atoms with Crippen LogP contribution in [0, 0.1) is 0 Å². The van der Waals surface area contributed by atoms with Crippen LogP contribution in [0.1, 0.15) is 194 Å². The monoisotopic (exact) mass is 978 g/mol. The summed E-state index contributed by atoms with van der Waals surface area (Å²) in [6, 6.07) is 0. The van der Waals surface area contributed by atoms with Gasteiger partial charge in [-0.15, -0.1) is 0 Å². The van der Waals surface area contributed by atoms with Crippen LogP contribution < -0.4 is 5.73 Å². The molecule has 0 aromatic heterocycles. The molecule has 2 unspecified atom stereocenters. The number of carbonyl (C=O) groups excluding carboxylic acids is 2. The van der Waals surface area contributed by atoms with E-state index >= 15 is 0 Å². The van der Waals surface area contributed by atoms with E-state index in [2.05, 4.69) is 141 Å². The van der Waals surface area contributed by atoms with E-state index in [1.54, 1.807) is 0 Å². The number of esters is 2. The first-order valence-electron chi connectivity index (χ1n) is 26.7. The summed E-state index contributed by atoms with van der Waals surface area (Å²) in [6.45, 7) is 3.43. The smallest absolute Gasteiger partial charge is 0.462 e. The van der Waals surface area contributed by atoms with E-state index in [0.717, 1.165) is 89.9 Å². The van der Waals surface area contributed by atoms with Gasteiger partial charge >= 0.3 is 19.8 Å². The first kappa shape index (κ1) is 65.1.